The van der Waals surface area contributed by atoms with Crippen LogP contribution in [-0.4, -0.2) is 9.52 Å². The highest BCUT2D eigenvalue weighted by Gasteiger charge is 2.38. The zero-order valence-corrected chi connectivity index (χ0v) is 25.7. The Morgan fingerprint density at radius 2 is 0.800 bits per heavy atom. The minimum Gasteiger partial charge on any atom is -0.0617 e. The van der Waals surface area contributed by atoms with Gasteiger partial charge < -0.3 is 0 Å². The summed E-state index contributed by atoms with van der Waals surface area (Å²) in [5.74, 6) is 2.19. The molecule has 2 aromatic carbocycles. The summed E-state index contributed by atoms with van der Waals surface area (Å²) < 4.78 is 0. The lowest BCUT2D eigenvalue weighted by molar-refractivity contribution is 0.786. The number of allylic oxidation sites excluding steroid dienone is 4. The van der Waals surface area contributed by atoms with Crippen LogP contribution in [-0.2, 0) is 0 Å². The highest BCUT2D eigenvalue weighted by Crippen LogP contribution is 2.51. The van der Waals surface area contributed by atoms with Crippen molar-refractivity contribution >= 4 is 20.7 Å². The first kappa shape index (κ1) is 26.2. The Morgan fingerprint density at radius 3 is 1.09 bits per heavy atom. The Labute approximate surface area is 218 Å². The predicted molar refractivity (Wildman–Crippen MR) is 159 cm³/mol. The predicted octanol–water partition coefficient (Wildman–Crippen LogP) is 9.42. The molecule has 2 aliphatic rings. The van der Waals surface area contributed by atoms with Crippen molar-refractivity contribution in [2.45, 2.75) is 107 Å². The molecule has 0 aromatic heterocycles. The van der Waals surface area contributed by atoms with E-state index in [1.165, 1.54) is 33.4 Å². The van der Waals surface area contributed by atoms with Crippen LogP contribution in [0.25, 0.3) is 11.1 Å². The van der Waals surface area contributed by atoms with Gasteiger partial charge in [-0.1, -0.05) is 90.8 Å². The van der Waals surface area contributed by atoms with Crippen LogP contribution >= 0.6 is 0 Å². The minimum absolute atomic E-state index is 0.540. The van der Waals surface area contributed by atoms with Gasteiger partial charge in [0.2, 0.25) is 0 Å². The Kier molecular flexibility index (Phi) is 7.15. The maximum absolute atomic E-state index is 2.46. The fourth-order valence-electron chi connectivity index (χ4n) is 6.70. The lowest BCUT2D eigenvalue weighted by Crippen LogP contribution is -2.19. The van der Waals surface area contributed by atoms with Gasteiger partial charge in [-0.05, 0) is 107 Å². The summed E-state index contributed by atoms with van der Waals surface area (Å²) in [7, 11) is -0.639. The van der Waals surface area contributed by atoms with Crippen LogP contribution in [0.1, 0.15) is 151 Å². The molecular weight excluding hydrogens is 436 g/mol. The lowest BCUT2D eigenvalue weighted by Gasteiger charge is -2.25. The van der Waals surface area contributed by atoms with Crippen molar-refractivity contribution in [2.75, 3.05) is 0 Å². The summed E-state index contributed by atoms with van der Waals surface area (Å²) in [5.41, 5.74) is 21.9. The van der Waals surface area contributed by atoms with Gasteiger partial charge in [-0.3, -0.25) is 0 Å². The Balaban J connectivity index is 1.84. The molecule has 0 saturated heterocycles. The van der Waals surface area contributed by atoms with E-state index < -0.39 is 9.52 Å². The van der Waals surface area contributed by atoms with Gasteiger partial charge >= 0.3 is 0 Å². The summed E-state index contributed by atoms with van der Waals surface area (Å²) in [6, 6.07) is 9.80. The topological polar surface area (TPSA) is 0 Å². The molecule has 1 heteroatoms. The van der Waals surface area contributed by atoms with Gasteiger partial charge in [-0.2, -0.15) is 0 Å². The van der Waals surface area contributed by atoms with Crippen molar-refractivity contribution in [3.63, 3.8) is 0 Å². The first-order valence-electron chi connectivity index (χ1n) is 13.8. The lowest BCUT2D eigenvalue weighted by atomic mass is 9.84. The summed E-state index contributed by atoms with van der Waals surface area (Å²) in [6.07, 6.45) is 0. The highest BCUT2D eigenvalue weighted by atomic mass is 28.2. The van der Waals surface area contributed by atoms with Gasteiger partial charge in [0.15, 0.2) is 0 Å². The van der Waals surface area contributed by atoms with Gasteiger partial charge in [0, 0.05) is 11.1 Å². The van der Waals surface area contributed by atoms with Gasteiger partial charge in [0.25, 0.3) is 0 Å². The summed E-state index contributed by atoms with van der Waals surface area (Å²) in [6.45, 7) is 28.4. The number of hydrogen-bond acceptors (Lipinski definition) is 0. The molecule has 0 spiro atoms. The quantitative estimate of drug-likeness (QED) is 0.360. The van der Waals surface area contributed by atoms with E-state index in [4.69, 9.17) is 0 Å². The third-order valence-electron chi connectivity index (χ3n) is 8.74. The van der Waals surface area contributed by atoms with E-state index in [-0.39, 0.29) is 0 Å². The first-order chi connectivity index (χ1) is 16.4. The molecule has 0 fully saturated rings. The molecule has 0 unspecified atom stereocenters. The summed E-state index contributed by atoms with van der Waals surface area (Å²) >= 11 is 0. The van der Waals surface area contributed by atoms with Crippen molar-refractivity contribution < 1.29 is 0 Å². The molecule has 0 N–H and O–H groups in total. The van der Waals surface area contributed by atoms with Crippen LogP contribution < -0.4 is 0 Å². The SMILES string of the molecule is CC1=C(C)c2c(ccc(C(C)C)c2C(C)C)[C]1[SiH2][C]1C(C)=C(C)c2c1ccc(C(C)C)c2C(C)C. The Hall–Kier alpha value is -1.86. The van der Waals surface area contributed by atoms with Crippen molar-refractivity contribution in [3.8, 4) is 0 Å². The van der Waals surface area contributed by atoms with Gasteiger partial charge in [0.05, 0.1) is 9.52 Å². The summed E-state index contributed by atoms with van der Waals surface area (Å²) in [5, 5.41) is 0. The van der Waals surface area contributed by atoms with Crippen molar-refractivity contribution in [2.24, 2.45) is 0 Å². The fraction of sp³-hybridized carbons (Fsp3) is 0.471. The van der Waals surface area contributed by atoms with Crippen molar-refractivity contribution in [1.29, 1.82) is 0 Å². The van der Waals surface area contributed by atoms with Gasteiger partial charge in [-0.25, -0.2) is 0 Å². The molecule has 0 saturated carbocycles. The van der Waals surface area contributed by atoms with E-state index in [1.54, 1.807) is 44.5 Å². The summed E-state index contributed by atoms with van der Waals surface area (Å²) in [4.78, 5) is 0. The smallest absolute Gasteiger partial charge is 0.0575 e. The van der Waals surface area contributed by atoms with Crippen LogP contribution in [0, 0.1) is 11.1 Å². The molecule has 4 rings (SSSR count). The van der Waals surface area contributed by atoms with Crippen LogP contribution in [0.4, 0.5) is 0 Å². The molecule has 0 amide bonds. The molecule has 0 bridgehead atoms. The minimum atomic E-state index is -0.639. The molecule has 2 aliphatic carbocycles. The van der Waals surface area contributed by atoms with E-state index in [0.717, 1.165) is 0 Å². The number of rotatable bonds is 6. The second-order valence-electron chi connectivity index (χ2n) is 12.2. The van der Waals surface area contributed by atoms with Crippen LogP contribution in [0.5, 0.6) is 0 Å². The average Bonchev–Trinajstić information content (AvgIpc) is 3.18. The number of benzene rings is 2. The number of fused-ring (bicyclic) bond motifs is 2. The normalized spacial score (nSPS) is 16.7. The first-order valence-corrected chi connectivity index (χ1v) is 15.2. The molecule has 0 atom stereocenters. The maximum Gasteiger partial charge on any atom is 0.0575 e. The van der Waals surface area contributed by atoms with Crippen molar-refractivity contribution in [1.82, 2.24) is 0 Å². The molecule has 0 nitrogen and oxygen atoms in total. The molecule has 186 valence electrons. The Bertz CT molecular complexity index is 1120. The van der Waals surface area contributed by atoms with E-state index >= 15 is 0 Å². The third-order valence-corrected chi connectivity index (χ3v) is 11.3. The largest absolute Gasteiger partial charge is 0.0617 e. The van der Waals surface area contributed by atoms with Gasteiger partial charge in [0.1, 0.15) is 0 Å². The standard InChI is InChI=1S/C34H46Si/c1-17(2)25-13-15-27-31(29(25)19(5)6)21(9)23(11)33(27)35-34-24(12)22(10)32-28(34)16-14-26(18(3)4)30(32)20(7)8/h13-20H,35H2,1-12H3. The second-order valence-corrected chi connectivity index (χ2v) is 14.0. The molecular formula is C34H46Si. The van der Waals surface area contributed by atoms with E-state index in [2.05, 4.69) is 107 Å². The molecule has 2 radical (unpaired) electrons. The Morgan fingerprint density at radius 1 is 0.457 bits per heavy atom. The van der Waals surface area contributed by atoms with E-state index in [1.807, 2.05) is 0 Å². The highest BCUT2D eigenvalue weighted by molar-refractivity contribution is 6.57. The van der Waals surface area contributed by atoms with Crippen LogP contribution in [0.15, 0.2) is 35.4 Å². The van der Waals surface area contributed by atoms with Gasteiger partial charge in [-0.15, -0.1) is 0 Å². The monoisotopic (exact) mass is 482 g/mol. The molecule has 0 heterocycles. The zero-order valence-electron chi connectivity index (χ0n) is 24.3. The van der Waals surface area contributed by atoms with Crippen molar-refractivity contribution in [3.05, 3.63) is 91.0 Å². The molecule has 35 heavy (non-hydrogen) atoms. The number of hydrogen-bond donors (Lipinski definition) is 0. The molecule has 0 aliphatic heterocycles. The van der Waals surface area contributed by atoms with E-state index in [0.29, 0.717) is 23.7 Å². The third kappa shape index (κ3) is 4.12. The molecule has 2 aromatic rings. The van der Waals surface area contributed by atoms with Crippen LogP contribution in [0.2, 0.25) is 0 Å². The maximum atomic E-state index is 2.46. The second kappa shape index (κ2) is 9.54. The average molecular weight is 483 g/mol. The van der Waals surface area contributed by atoms with E-state index in [9.17, 15) is 0 Å². The fourth-order valence-corrected chi connectivity index (χ4v) is 9.08. The van der Waals surface area contributed by atoms with Crippen LogP contribution in [0.3, 0.4) is 0 Å². The zero-order chi connectivity index (χ0) is 25.9.